The molecule has 1 heterocycles. The number of unbranched alkanes of at least 4 members (excludes halogenated alkanes) is 28. The zero-order valence-electron chi connectivity index (χ0n) is 51.4. The Morgan fingerprint density at radius 1 is 0.368 bits per heavy atom. The van der Waals surface area contributed by atoms with Gasteiger partial charge in [0.1, 0.15) is 0 Å². The monoisotopic (exact) mass is 1120 g/mol. The molecule has 1 saturated heterocycles. The molecule has 6 unspecified atom stereocenters. The lowest BCUT2D eigenvalue weighted by Gasteiger charge is -2.46. The van der Waals surface area contributed by atoms with Crippen LogP contribution >= 0.6 is 23.5 Å². The van der Waals surface area contributed by atoms with E-state index in [-0.39, 0.29) is 24.4 Å². The molecule has 76 heavy (non-hydrogen) atoms. The Morgan fingerprint density at radius 2 is 0.605 bits per heavy atom. The second kappa shape index (κ2) is 55.8. The van der Waals surface area contributed by atoms with Crippen LogP contribution in [0.2, 0.25) is 0 Å². The maximum atomic E-state index is 11.2. The molecule has 1 aliphatic heterocycles. The maximum Gasteiger partial charge on any atom is 0.0667 e. The maximum absolute atomic E-state index is 11.2. The molecule has 0 saturated carbocycles. The standard InChI is InChI=1S/C64H132N4O6S2/c1-7-11-15-19-23-27-31-35-39-61(69)53-65(54-62(70)40-36-32-28-24-20-16-12-8-2)43-47-75-49-45-67-51-60(58-74-6)68(52-59(67)57-73-5)46-50-76-48-44-66(55-63(71)41-37-33-29-25-21-17-13-9-3)56-64(72)42-38-34-30-26-22-18-14-10-4/h59-64,69-72H,7-58H2,1-6H3. The summed E-state index contributed by atoms with van der Waals surface area (Å²) in [6, 6.07) is 0.664. The highest BCUT2D eigenvalue weighted by Crippen LogP contribution is 2.21. The number of thioether (sulfide) groups is 2. The quantitative estimate of drug-likeness (QED) is 0.0435. The lowest BCUT2D eigenvalue weighted by Crippen LogP contribution is -2.61. The van der Waals surface area contributed by atoms with Crippen LogP contribution in [0.4, 0.5) is 0 Å². The first-order valence-corrected chi connectivity index (χ1v) is 35.3. The van der Waals surface area contributed by atoms with Crippen LogP contribution in [0.5, 0.6) is 0 Å². The van der Waals surface area contributed by atoms with Gasteiger partial charge >= 0.3 is 0 Å². The summed E-state index contributed by atoms with van der Waals surface area (Å²) in [4.78, 5) is 9.99. The van der Waals surface area contributed by atoms with Crippen LogP contribution in [-0.4, -0.2) is 192 Å². The van der Waals surface area contributed by atoms with E-state index < -0.39 is 0 Å². The van der Waals surface area contributed by atoms with Crippen molar-refractivity contribution in [2.75, 3.05) is 116 Å². The fraction of sp³-hybridized carbons (Fsp3) is 1.00. The van der Waals surface area contributed by atoms with Crippen molar-refractivity contribution in [3.63, 3.8) is 0 Å². The van der Waals surface area contributed by atoms with E-state index in [1.807, 2.05) is 37.7 Å². The molecule has 0 amide bonds. The van der Waals surface area contributed by atoms with Gasteiger partial charge in [-0.05, 0) is 25.7 Å². The van der Waals surface area contributed by atoms with E-state index in [0.717, 1.165) is 114 Å². The van der Waals surface area contributed by atoms with Crippen molar-refractivity contribution < 1.29 is 29.9 Å². The number of ether oxygens (including phenoxy) is 2. The van der Waals surface area contributed by atoms with Crippen molar-refractivity contribution in [2.45, 2.75) is 295 Å². The SMILES string of the molecule is CCCCCCCCCCC(O)CN(CCSCCN1CC(COC)N(CCSCCN(CC(O)CCCCCCCCCC)CC(O)CCCCCCCCCC)CC1COC)CC(O)CCCCCCCCCC. The van der Waals surface area contributed by atoms with Gasteiger partial charge in [0.15, 0.2) is 0 Å². The molecule has 1 aliphatic rings. The van der Waals surface area contributed by atoms with Gasteiger partial charge < -0.3 is 29.9 Å². The minimum absolute atomic E-state index is 0.332. The van der Waals surface area contributed by atoms with E-state index >= 15 is 0 Å². The van der Waals surface area contributed by atoms with Crippen molar-refractivity contribution in [3.8, 4) is 0 Å². The highest BCUT2D eigenvalue weighted by atomic mass is 32.2. The minimum Gasteiger partial charge on any atom is -0.392 e. The van der Waals surface area contributed by atoms with Crippen LogP contribution in [0.1, 0.15) is 259 Å². The fourth-order valence-electron chi connectivity index (χ4n) is 11.4. The van der Waals surface area contributed by atoms with Gasteiger partial charge in [-0.25, -0.2) is 0 Å². The molecule has 1 fully saturated rings. The summed E-state index contributed by atoms with van der Waals surface area (Å²) in [7, 11) is 3.67. The number of aliphatic hydroxyl groups is 4. The van der Waals surface area contributed by atoms with Crippen molar-refractivity contribution in [1.29, 1.82) is 0 Å². The summed E-state index contributed by atoms with van der Waals surface area (Å²) in [6.07, 6.45) is 43.0. The van der Waals surface area contributed by atoms with E-state index in [2.05, 4.69) is 47.3 Å². The molecule has 0 radical (unpaired) electrons. The van der Waals surface area contributed by atoms with Gasteiger partial charge in [0.25, 0.3) is 0 Å². The van der Waals surface area contributed by atoms with Crippen molar-refractivity contribution in [3.05, 3.63) is 0 Å². The van der Waals surface area contributed by atoms with E-state index in [9.17, 15) is 20.4 Å². The van der Waals surface area contributed by atoms with Gasteiger partial charge in [0.05, 0.1) is 37.6 Å². The smallest absolute Gasteiger partial charge is 0.0667 e. The first-order valence-electron chi connectivity index (χ1n) is 33.0. The Balaban J connectivity index is 2.72. The molecule has 0 aromatic rings. The van der Waals surface area contributed by atoms with Crippen LogP contribution < -0.4 is 0 Å². The average molecular weight is 1120 g/mol. The van der Waals surface area contributed by atoms with E-state index in [1.54, 1.807) is 0 Å². The molecule has 0 aromatic carbocycles. The first kappa shape index (κ1) is 74.3. The van der Waals surface area contributed by atoms with Gasteiger partial charge in [0, 0.05) is 115 Å². The number of methoxy groups -OCH3 is 2. The van der Waals surface area contributed by atoms with Crippen LogP contribution in [0.25, 0.3) is 0 Å². The lowest BCUT2D eigenvalue weighted by molar-refractivity contribution is -0.0233. The number of hydrogen-bond donors (Lipinski definition) is 4. The molecular formula is C64H132N4O6S2. The van der Waals surface area contributed by atoms with Gasteiger partial charge in [0.2, 0.25) is 0 Å². The second-order valence-electron chi connectivity index (χ2n) is 23.6. The highest BCUT2D eigenvalue weighted by Gasteiger charge is 2.33. The molecule has 10 nitrogen and oxygen atoms in total. The van der Waals surface area contributed by atoms with Crippen LogP contribution in [0.3, 0.4) is 0 Å². The van der Waals surface area contributed by atoms with Gasteiger partial charge in [-0.3, -0.25) is 19.6 Å². The predicted octanol–water partition coefficient (Wildman–Crippen LogP) is 14.3. The molecule has 1 rings (SSSR count). The highest BCUT2D eigenvalue weighted by molar-refractivity contribution is 7.99. The van der Waals surface area contributed by atoms with Crippen LogP contribution in [-0.2, 0) is 9.47 Å². The summed E-state index contributed by atoms with van der Waals surface area (Å²) in [5.41, 5.74) is 0. The van der Waals surface area contributed by atoms with Crippen molar-refractivity contribution >= 4 is 23.5 Å². The van der Waals surface area contributed by atoms with Crippen LogP contribution in [0.15, 0.2) is 0 Å². The fourth-order valence-corrected chi connectivity index (χ4v) is 13.3. The molecular weight excluding hydrogens is 985 g/mol. The molecule has 0 aromatic heterocycles. The second-order valence-corrected chi connectivity index (χ2v) is 26.1. The normalized spacial score (nSPS) is 17.4. The Labute approximate surface area is 481 Å². The topological polar surface area (TPSA) is 112 Å². The number of piperazine rings is 1. The molecule has 4 N–H and O–H groups in total. The number of aliphatic hydroxyl groups excluding tert-OH is 4. The van der Waals surface area contributed by atoms with Crippen molar-refractivity contribution in [2.24, 2.45) is 0 Å². The number of nitrogens with zero attached hydrogens (tertiary/aromatic N) is 4. The molecule has 6 atom stereocenters. The molecule has 0 spiro atoms. The van der Waals surface area contributed by atoms with Crippen LogP contribution in [0, 0.1) is 0 Å². The molecule has 456 valence electrons. The summed E-state index contributed by atoms with van der Waals surface area (Å²) in [6.45, 7) is 18.9. The summed E-state index contributed by atoms with van der Waals surface area (Å²) in [5, 5.41) is 44.7. The third-order valence-corrected chi connectivity index (χ3v) is 18.1. The van der Waals surface area contributed by atoms with Gasteiger partial charge in [-0.15, -0.1) is 0 Å². The minimum atomic E-state index is -0.334. The zero-order chi connectivity index (χ0) is 55.4. The molecule has 0 aliphatic carbocycles. The third kappa shape index (κ3) is 44.9. The zero-order valence-corrected chi connectivity index (χ0v) is 53.1. The predicted molar refractivity (Wildman–Crippen MR) is 335 cm³/mol. The molecule has 12 heteroatoms. The molecule has 0 bridgehead atoms. The number of hydrogen-bond acceptors (Lipinski definition) is 12. The average Bonchev–Trinajstić information content (AvgIpc) is 3.40. The lowest BCUT2D eigenvalue weighted by atomic mass is 10.0. The first-order chi connectivity index (χ1) is 37.2. The Kier molecular flexibility index (Phi) is 54.6. The van der Waals surface area contributed by atoms with E-state index in [0.29, 0.717) is 51.5 Å². The number of rotatable bonds is 60. The van der Waals surface area contributed by atoms with Crippen molar-refractivity contribution in [1.82, 2.24) is 19.6 Å². The third-order valence-electron chi connectivity index (χ3n) is 16.2. The Hall–Kier alpha value is 0.300. The Bertz CT molecular complexity index is 1030. The Morgan fingerprint density at radius 3 is 0.842 bits per heavy atom. The summed E-state index contributed by atoms with van der Waals surface area (Å²) in [5.74, 6) is 4.08. The van der Waals surface area contributed by atoms with E-state index in [1.165, 1.54) is 180 Å². The summed E-state index contributed by atoms with van der Waals surface area (Å²) >= 11 is 4.01. The summed E-state index contributed by atoms with van der Waals surface area (Å²) < 4.78 is 11.7. The largest absolute Gasteiger partial charge is 0.392 e. The van der Waals surface area contributed by atoms with Gasteiger partial charge in [-0.2, -0.15) is 23.5 Å². The van der Waals surface area contributed by atoms with E-state index in [4.69, 9.17) is 9.47 Å². The van der Waals surface area contributed by atoms with Gasteiger partial charge in [-0.1, -0.05) is 233 Å².